The van der Waals surface area contributed by atoms with Crippen LogP contribution in [0.25, 0.3) is 0 Å². The lowest BCUT2D eigenvalue weighted by Crippen LogP contribution is -2.28. The number of rotatable bonds is 6. The zero-order chi connectivity index (χ0) is 19.6. The highest BCUT2D eigenvalue weighted by molar-refractivity contribution is 7.89. The third kappa shape index (κ3) is 4.03. The third-order valence-electron chi connectivity index (χ3n) is 4.50. The molecular formula is C18H20F2N2O4S. The van der Waals surface area contributed by atoms with E-state index in [1.807, 2.05) is 0 Å². The molecule has 2 aromatic rings. The number of nitrogens with one attached hydrogen (secondary N) is 1. The third-order valence-corrected chi connectivity index (χ3v) is 6.51. The summed E-state index contributed by atoms with van der Waals surface area (Å²) >= 11 is 0. The average Bonchev–Trinajstić information content (AvgIpc) is 3.27. The van der Waals surface area contributed by atoms with E-state index in [9.17, 15) is 22.0 Å². The van der Waals surface area contributed by atoms with Gasteiger partial charge in [-0.3, -0.25) is 4.79 Å². The summed E-state index contributed by atoms with van der Waals surface area (Å²) in [5.41, 5.74) is -0.120. The second kappa shape index (κ2) is 7.77. The van der Waals surface area contributed by atoms with Crippen molar-refractivity contribution < 1.29 is 26.4 Å². The zero-order valence-electron chi connectivity index (χ0n) is 14.8. The summed E-state index contributed by atoms with van der Waals surface area (Å²) in [6.45, 7) is 2.35. The van der Waals surface area contributed by atoms with E-state index in [2.05, 4.69) is 5.32 Å². The van der Waals surface area contributed by atoms with Crippen molar-refractivity contribution in [3.05, 3.63) is 53.0 Å². The molecule has 3 rings (SSSR count). The minimum Gasteiger partial charge on any atom is -0.455 e. The second-order valence-corrected chi connectivity index (χ2v) is 8.25. The number of hydrogen-bond donors (Lipinski definition) is 1. The topological polar surface area (TPSA) is 79.6 Å². The van der Waals surface area contributed by atoms with Crippen LogP contribution in [0.5, 0.6) is 0 Å². The Morgan fingerprint density at radius 2 is 1.85 bits per heavy atom. The maximum absolute atomic E-state index is 13.6. The summed E-state index contributed by atoms with van der Waals surface area (Å²) in [6, 6.07) is 4.75. The average molecular weight is 398 g/mol. The highest BCUT2D eigenvalue weighted by Crippen LogP contribution is 2.26. The first-order valence-electron chi connectivity index (χ1n) is 8.62. The predicted octanol–water partition coefficient (Wildman–Crippen LogP) is 2.62. The Bertz CT molecular complexity index is 930. The number of amides is 1. The standard InChI is InChI=1S/C18H20F2N2O4S/c1-12-17(27(24,25)22-9-2-3-10-22)11-16(26-12)18(23)21-8-7-13-14(19)5-4-6-15(13)20/h4-6,11H,2-3,7-10H2,1H3,(H,21,23). The van der Waals surface area contributed by atoms with E-state index in [4.69, 9.17) is 4.42 Å². The van der Waals surface area contributed by atoms with E-state index in [-0.39, 0.29) is 34.9 Å². The normalized spacial score (nSPS) is 15.2. The highest BCUT2D eigenvalue weighted by atomic mass is 32.2. The highest BCUT2D eigenvalue weighted by Gasteiger charge is 2.31. The van der Waals surface area contributed by atoms with Gasteiger partial charge in [0.15, 0.2) is 5.76 Å². The van der Waals surface area contributed by atoms with Gasteiger partial charge in [-0.15, -0.1) is 0 Å². The van der Waals surface area contributed by atoms with Gasteiger partial charge in [0.25, 0.3) is 5.91 Å². The summed E-state index contributed by atoms with van der Waals surface area (Å²) < 4.78 is 59.1. The Morgan fingerprint density at radius 3 is 2.48 bits per heavy atom. The van der Waals surface area contributed by atoms with E-state index in [1.54, 1.807) is 0 Å². The Balaban J connectivity index is 1.67. The molecule has 0 unspecified atom stereocenters. The molecule has 1 aliphatic heterocycles. The van der Waals surface area contributed by atoms with Crippen LogP contribution in [0, 0.1) is 18.6 Å². The quantitative estimate of drug-likeness (QED) is 0.811. The summed E-state index contributed by atoms with van der Waals surface area (Å²) in [7, 11) is -3.70. The lowest BCUT2D eigenvalue weighted by Gasteiger charge is -2.14. The number of hydrogen-bond acceptors (Lipinski definition) is 4. The van der Waals surface area contributed by atoms with Crippen molar-refractivity contribution in [1.29, 1.82) is 0 Å². The fourth-order valence-corrected chi connectivity index (χ4v) is 4.74. The molecule has 6 nitrogen and oxygen atoms in total. The number of benzene rings is 1. The van der Waals surface area contributed by atoms with E-state index in [0.29, 0.717) is 13.1 Å². The molecule has 1 fully saturated rings. The zero-order valence-corrected chi connectivity index (χ0v) is 15.6. The molecule has 2 heterocycles. The van der Waals surface area contributed by atoms with Crippen molar-refractivity contribution in [3.63, 3.8) is 0 Å². The van der Waals surface area contributed by atoms with E-state index in [0.717, 1.165) is 25.0 Å². The molecule has 0 saturated carbocycles. The van der Waals surface area contributed by atoms with E-state index >= 15 is 0 Å². The van der Waals surface area contributed by atoms with Crippen LogP contribution in [0.4, 0.5) is 8.78 Å². The van der Waals surface area contributed by atoms with Gasteiger partial charge in [-0.2, -0.15) is 4.31 Å². The SMILES string of the molecule is Cc1oc(C(=O)NCCc2c(F)cccc2F)cc1S(=O)(=O)N1CCCC1. The minimum atomic E-state index is -3.70. The molecule has 1 N–H and O–H groups in total. The summed E-state index contributed by atoms with van der Waals surface area (Å²) in [6.07, 6.45) is 1.56. The molecule has 9 heteroatoms. The van der Waals surface area contributed by atoms with Crippen LogP contribution in [0.3, 0.4) is 0 Å². The molecule has 0 spiro atoms. The van der Waals surface area contributed by atoms with E-state index in [1.165, 1.54) is 23.4 Å². The van der Waals surface area contributed by atoms with Gasteiger partial charge in [-0.05, 0) is 38.3 Å². The van der Waals surface area contributed by atoms with Crippen molar-refractivity contribution in [3.8, 4) is 0 Å². The number of halogens is 2. The van der Waals surface area contributed by atoms with Gasteiger partial charge >= 0.3 is 0 Å². The predicted molar refractivity (Wildman–Crippen MR) is 93.8 cm³/mol. The van der Waals surface area contributed by atoms with Crippen LogP contribution >= 0.6 is 0 Å². The molecule has 1 amide bonds. The van der Waals surface area contributed by atoms with Gasteiger partial charge in [0, 0.05) is 31.3 Å². The molecule has 27 heavy (non-hydrogen) atoms. The largest absolute Gasteiger partial charge is 0.455 e. The number of carbonyl (C=O) groups excluding carboxylic acids is 1. The first-order valence-corrected chi connectivity index (χ1v) is 10.1. The van der Waals surface area contributed by atoms with Gasteiger partial charge in [-0.25, -0.2) is 17.2 Å². The molecule has 146 valence electrons. The number of aryl methyl sites for hydroxylation is 1. The van der Waals surface area contributed by atoms with Gasteiger partial charge < -0.3 is 9.73 Å². The molecule has 1 aromatic carbocycles. The summed E-state index contributed by atoms with van der Waals surface area (Å²) in [5.74, 6) is -2.03. The minimum absolute atomic E-state index is 0.0232. The lowest BCUT2D eigenvalue weighted by atomic mass is 10.1. The number of carbonyl (C=O) groups is 1. The van der Waals surface area contributed by atoms with Gasteiger partial charge in [0.05, 0.1) is 0 Å². The monoisotopic (exact) mass is 398 g/mol. The Kier molecular flexibility index (Phi) is 5.61. The van der Waals surface area contributed by atoms with Crippen molar-refractivity contribution in [1.82, 2.24) is 9.62 Å². The molecule has 0 atom stereocenters. The summed E-state index contributed by atoms with van der Waals surface area (Å²) in [5, 5.41) is 2.49. The number of furan rings is 1. The Hall–Kier alpha value is -2.26. The fourth-order valence-electron chi connectivity index (χ4n) is 3.06. The van der Waals surface area contributed by atoms with Crippen molar-refractivity contribution in [2.75, 3.05) is 19.6 Å². The van der Waals surface area contributed by atoms with Gasteiger partial charge in [0.2, 0.25) is 10.0 Å². The smallest absolute Gasteiger partial charge is 0.287 e. The van der Waals surface area contributed by atoms with Crippen LogP contribution in [0.2, 0.25) is 0 Å². The molecule has 0 bridgehead atoms. The van der Waals surface area contributed by atoms with Crippen LogP contribution in [0.15, 0.2) is 33.6 Å². The fraction of sp³-hybridized carbons (Fsp3) is 0.389. The molecule has 1 aromatic heterocycles. The van der Waals surface area contributed by atoms with Gasteiger partial charge in [0.1, 0.15) is 22.3 Å². The van der Waals surface area contributed by atoms with Crippen molar-refractivity contribution in [2.24, 2.45) is 0 Å². The lowest BCUT2D eigenvalue weighted by molar-refractivity contribution is 0.0925. The molecule has 1 saturated heterocycles. The first kappa shape index (κ1) is 19.5. The second-order valence-electron chi connectivity index (χ2n) is 6.35. The molecule has 0 radical (unpaired) electrons. The number of nitrogens with zero attached hydrogens (tertiary/aromatic N) is 1. The Labute approximate surface area is 156 Å². The first-order chi connectivity index (χ1) is 12.8. The molecular weight excluding hydrogens is 378 g/mol. The number of sulfonamides is 1. The van der Waals surface area contributed by atoms with Gasteiger partial charge in [-0.1, -0.05) is 6.07 Å². The van der Waals surface area contributed by atoms with Crippen LogP contribution in [-0.2, 0) is 16.4 Å². The Morgan fingerprint density at radius 1 is 1.22 bits per heavy atom. The van der Waals surface area contributed by atoms with Crippen molar-refractivity contribution >= 4 is 15.9 Å². The maximum Gasteiger partial charge on any atom is 0.287 e. The maximum atomic E-state index is 13.6. The van der Waals surface area contributed by atoms with E-state index < -0.39 is 27.6 Å². The summed E-state index contributed by atoms with van der Waals surface area (Å²) in [4.78, 5) is 12.2. The molecule has 1 aliphatic rings. The van der Waals surface area contributed by atoms with Crippen LogP contribution in [0.1, 0.15) is 34.7 Å². The molecule has 0 aliphatic carbocycles. The van der Waals surface area contributed by atoms with Crippen LogP contribution < -0.4 is 5.32 Å². The van der Waals surface area contributed by atoms with Crippen LogP contribution in [-0.4, -0.2) is 38.3 Å². The van der Waals surface area contributed by atoms with Crippen molar-refractivity contribution in [2.45, 2.75) is 31.1 Å².